The molecule has 1 fully saturated rings. The molecule has 1 aliphatic heterocycles. The minimum absolute atomic E-state index is 0.0968. The predicted octanol–water partition coefficient (Wildman–Crippen LogP) is 2.05. The Labute approximate surface area is 149 Å². The van der Waals surface area contributed by atoms with Crippen molar-refractivity contribution in [2.24, 2.45) is 0 Å². The van der Waals surface area contributed by atoms with Gasteiger partial charge in [0.05, 0.1) is 0 Å². The summed E-state index contributed by atoms with van der Waals surface area (Å²) in [5.41, 5.74) is 1.96. The molecule has 1 aromatic rings. The van der Waals surface area contributed by atoms with Gasteiger partial charge < -0.3 is 15.1 Å². The highest BCUT2D eigenvalue weighted by Crippen LogP contribution is 2.13. The topological polar surface area (TPSA) is 69.7 Å². The molecule has 0 saturated carbocycles. The molecule has 0 aromatic heterocycles. The zero-order valence-corrected chi connectivity index (χ0v) is 15.1. The van der Waals surface area contributed by atoms with E-state index in [1.165, 1.54) is 34.6 Å². The lowest BCUT2D eigenvalue weighted by Crippen LogP contribution is -2.55. The van der Waals surface area contributed by atoms with Gasteiger partial charge in [0.15, 0.2) is 0 Å². The summed E-state index contributed by atoms with van der Waals surface area (Å²) in [6, 6.07) is 7.78. The van der Waals surface area contributed by atoms with Crippen LogP contribution in [0.25, 0.3) is 0 Å². The van der Waals surface area contributed by atoms with E-state index in [4.69, 9.17) is 0 Å². The van der Waals surface area contributed by atoms with Crippen molar-refractivity contribution in [2.75, 3.05) is 31.5 Å². The van der Waals surface area contributed by atoms with Crippen LogP contribution in [0.15, 0.2) is 24.3 Å². The molecule has 1 heterocycles. The zero-order valence-electron chi connectivity index (χ0n) is 15.1. The maximum atomic E-state index is 12.1. The third kappa shape index (κ3) is 5.31. The smallest absolute Gasteiger partial charge is 0.312 e. The lowest BCUT2D eigenvalue weighted by atomic mass is 10.1. The van der Waals surface area contributed by atoms with Crippen molar-refractivity contribution in [3.05, 3.63) is 29.8 Å². The van der Waals surface area contributed by atoms with Gasteiger partial charge in [-0.05, 0) is 37.5 Å². The molecule has 0 unspecified atom stereocenters. The Bertz CT molecular complexity index is 613. The van der Waals surface area contributed by atoms with Gasteiger partial charge >= 0.3 is 11.8 Å². The number of hydrogen-bond acceptors (Lipinski definition) is 3. The van der Waals surface area contributed by atoms with E-state index in [1.54, 1.807) is 0 Å². The maximum absolute atomic E-state index is 12.1. The lowest BCUT2D eigenvalue weighted by Gasteiger charge is -2.32. The third-order valence-corrected chi connectivity index (χ3v) is 4.42. The van der Waals surface area contributed by atoms with Crippen LogP contribution in [0, 0.1) is 0 Å². The highest BCUT2D eigenvalue weighted by atomic mass is 16.2. The van der Waals surface area contributed by atoms with Crippen molar-refractivity contribution in [2.45, 2.75) is 39.5 Å². The van der Waals surface area contributed by atoms with E-state index >= 15 is 0 Å². The minimum atomic E-state index is -0.602. The Morgan fingerprint density at radius 3 is 2.28 bits per heavy atom. The van der Waals surface area contributed by atoms with E-state index in [1.807, 2.05) is 31.2 Å². The molecule has 1 aromatic carbocycles. The highest BCUT2D eigenvalue weighted by molar-refractivity contribution is 6.35. The first-order valence-corrected chi connectivity index (χ1v) is 9.02. The van der Waals surface area contributed by atoms with Gasteiger partial charge in [-0.2, -0.15) is 0 Å². The van der Waals surface area contributed by atoms with Crippen LogP contribution in [0.4, 0.5) is 5.69 Å². The fourth-order valence-corrected chi connectivity index (χ4v) is 2.88. The zero-order chi connectivity index (χ0) is 18.2. The molecule has 0 radical (unpaired) electrons. The lowest BCUT2D eigenvalue weighted by molar-refractivity contribution is -0.156. The molecule has 0 atom stereocenters. The quantitative estimate of drug-likeness (QED) is 0.579. The van der Waals surface area contributed by atoms with Crippen LogP contribution in [-0.2, 0) is 20.8 Å². The van der Waals surface area contributed by atoms with Crippen LogP contribution in [0.3, 0.4) is 0 Å². The summed E-state index contributed by atoms with van der Waals surface area (Å²) in [5, 5.41) is 2.79. The molecule has 1 N–H and O–H groups in total. The molecule has 1 aliphatic rings. The summed E-state index contributed by atoms with van der Waals surface area (Å²) >= 11 is 0. The monoisotopic (exact) mass is 345 g/mol. The van der Waals surface area contributed by atoms with E-state index in [0.29, 0.717) is 25.3 Å². The minimum Gasteiger partial charge on any atom is -0.333 e. The molecular formula is C19H27N3O3. The van der Waals surface area contributed by atoms with Crippen molar-refractivity contribution in [1.82, 2.24) is 9.80 Å². The molecule has 3 amide bonds. The second-order valence-electron chi connectivity index (χ2n) is 6.31. The van der Waals surface area contributed by atoms with Gasteiger partial charge in [0.25, 0.3) is 0 Å². The number of benzene rings is 1. The van der Waals surface area contributed by atoms with Crippen molar-refractivity contribution >= 4 is 23.4 Å². The van der Waals surface area contributed by atoms with Crippen LogP contribution < -0.4 is 5.32 Å². The van der Waals surface area contributed by atoms with Gasteiger partial charge in [-0.1, -0.05) is 31.9 Å². The number of rotatable bonds is 8. The fourth-order valence-electron chi connectivity index (χ4n) is 2.88. The van der Waals surface area contributed by atoms with Crippen molar-refractivity contribution < 1.29 is 14.4 Å². The number of carbonyl (C=O) groups excluding carboxylic acids is 3. The van der Waals surface area contributed by atoms with Gasteiger partial charge in [-0.3, -0.25) is 14.4 Å². The Morgan fingerprint density at radius 1 is 1.00 bits per heavy atom. The standard InChI is InChI=1S/C19H27N3O3/c1-3-5-6-7-15-8-10-16(11-9-15)20-17(23)14-22-13-12-21(4-2)18(24)19(22)25/h8-11H,3-7,12-14H2,1-2H3,(H,20,23). The van der Waals surface area contributed by atoms with Gasteiger partial charge in [0, 0.05) is 25.3 Å². The number of nitrogens with zero attached hydrogens (tertiary/aromatic N) is 2. The van der Waals surface area contributed by atoms with Crippen LogP contribution >= 0.6 is 0 Å². The number of unbranched alkanes of at least 4 members (excludes halogenated alkanes) is 2. The number of hydrogen-bond donors (Lipinski definition) is 1. The number of likely N-dealkylation sites (N-methyl/N-ethyl adjacent to an activating group) is 1. The normalized spacial score (nSPS) is 14.8. The van der Waals surface area contributed by atoms with Crippen LogP contribution in [-0.4, -0.2) is 53.7 Å². The molecule has 0 bridgehead atoms. The number of piperazine rings is 1. The summed E-state index contributed by atoms with van der Waals surface area (Å²) < 4.78 is 0. The van der Waals surface area contributed by atoms with E-state index in [2.05, 4.69) is 12.2 Å². The van der Waals surface area contributed by atoms with Crippen LogP contribution in [0.5, 0.6) is 0 Å². The molecule has 2 rings (SSSR count). The van der Waals surface area contributed by atoms with Gasteiger partial charge in [0.1, 0.15) is 6.54 Å². The van der Waals surface area contributed by atoms with Gasteiger partial charge in [-0.25, -0.2) is 0 Å². The first kappa shape index (κ1) is 19.0. The Morgan fingerprint density at radius 2 is 1.64 bits per heavy atom. The SMILES string of the molecule is CCCCCc1ccc(NC(=O)CN2CCN(CC)C(=O)C2=O)cc1. The molecule has 6 heteroatoms. The average molecular weight is 345 g/mol. The summed E-state index contributed by atoms with van der Waals surface area (Å²) in [6.07, 6.45) is 4.63. The Kier molecular flexibility index (Phi) is 6.98. The highest BCUT2D eigenvalue weighted by Gasteiger charge is 2.32. The summed E-state index contributed by atoms with van der Waals surface area (Å²) in [7, 11) is 0. The van der Waals surface area contributed by atoms with Crippen LogP contribution in [0.2, 0.25) is 0 Å². The second kappa shape index (κ2) is 9.20. The summed E-state index contributed by atoms with van der Waals surface area (Å²) in [4.78, 5) is 38.8. The van der Waals surface area contributed by atoms with Crippen LogP contribution in [0.1, 0.15) is 38.7 Å². The summed E-state index contributed by atoms with van der Waals surface area (Å²) in [5.74, 6) is -1.42. The molecule has 6 nitrogen and oxygen atoms in total. The van der Waals surface area contributed by atoms with Crippen molar-refractivity contribution in [3.8, 4) is 0 Å². The number of nitrogens with one attached hydrogen (secondary N) is 1. The third-order valence-electron chi connectivity index (χ3n) is 4.42. The maximum Gasteiger partial charge on any atom is 0.312 e. The number of aryl methyl sites for hydroxylation is 1. The van der Waals surface area contributed by atoms with E-state index in [-0.39, 0.29) is 12.5 Å². The second-order valence-corrected chi connectivity index (χ2v) is 6.31. The fraction of sp³-hybridized carbons (Fsp3) is 0.526. The average Bonchev–Trinajstić information content (AvgIpc) is 2.61. The molecule has 136 valence electrons. The van der Waals surface area contributed by atoms with Crippen molar-refractivity contribution in [3.63, 3.8) is 0 Å². The molecular weight excluding hydrogens is 318 g/mol. The number of anilines is 1. The largest absolute Gasteiger partial charge is 0.333 e. The van der Waals surface area contributed by atoms with E-state index < -0.39 is 11.8 Å². The van der Waals surface area contributed by atoms with Crippen molar-refractivity contribution in [1.29, 1.82) is 0 Å². The molecule has 0 aliphatic carbocycles. The number of carbonyl (C=O) groups is 3. The van der Waals surface area contributed by atoms with E-state index in [9.17, 15) is 14.4 Å². The first-order valence-electron chi connectivity index (χ1n) is 9.02. The first-order chi connectivity index (χ1) is 12.0. The molecule has 0 spiro atoms. The van der Waals surface area contributed by atoms with E-state index in [0.717, 1.165) is 6.42 Å². The predicted molar refractivity (Wildman–Crippen MR) is 97.1 cm³/mol. The summed E-state index contributed by atoms with van der Waals surface area (Å²) in [6.45, 7) is 5.29. The molecule has 1 saturated heterocycles. The Hall–Kier alpha value is -2.37. The molecule has 25 heavy (non-hydrogen) atoms. The van der Waals surface area contributed by atoms with Gasteiger partial charge in [0.2, 0.25) is 5.91 Å². The number of amides is 3. The Balaban J connectivity index is 1.84. The van der Waals surface area contributed by atoms with Gasteiger partial charge in [-0.15, -0.1) is 0 Å².